The minimum atomic E-state index is -0.0880. The van der Waals surface area contributed by atoms with Crippen molar-refractivity contribution in [1.82, 2.24) is 5.32 Å². The molecule has 0 radical (unpaired) electrons. The monoisotopic (exact) mass is 255 g/mol. The van der Waals surface area contributed by atoms with Gasteiger partial charge in [0.25, 0.3) is 0 Å². The van der Waals surface area contributed by atoms with E-state index in [9.17, 15) is 5.11 Å². The minimum absolute atomic E-state index is 0.0880. The van der Waals surface area contributed by atoms with E-state index < -0.39 is 0 Å². The average Bonchev–Trinajstić information content (AvgIpc) is 2.65. The Balaban J connectivity index is 1.68. The van der Waals surface area contributed by atoms with Crippen LogP contribution in [0.3, 0.4) is 0 Å². The summed E-state index contributed by atoms with van der Waals surface area (Å²) in [4.78, 5) is 0. The van der Waals surface area contributed by atoms with Crippen molar-refractivity contribution in [1.29, 1.82) is 0 Å². The molecule has 2 N–H and O–H groups in total. The maximum Gasteiger partial charge on any atom is 0.0614 e. The Morgan fingerprint density at radius 1 is 1.33 bits per heavy atom. The second kappa shape index (κ2) is 6.36. The zero-order chi connectivity index (χ0) is 13.0. The Kier molecular flexibility index (Phi) is 5.05. The van der Waals surface area contributed by atoms with Gasteiger partial charge in [0.1, 0.15) is 0 Å². The average molecular weight is 255 g/mol. The summed E-state index contributed by atoms with van der Waals surface area (Å²) in [6, 6.07) is 0.422. The summed E-state index contributed by atoms with van der Waals surface area (Å²) >= 11 is 0. The topological polar surface area (TPSA) is 41.5 Å². The standard InChI is InChI=1S/C15H29NO2/c1-12(2)16-15(11-17)8-6-14(10-15)18-9-7-13-4-3-5-13/h12-14,16-17H,3-11H2,1-2H3. The van der Waals surface area contributed by atoms with Crippen molar-refractivity contribution in [2.75, 3.05) is 13.2 Å². The first kappa shape index (κ1) is 14.3. The number of nitrogens with one attached hydrogen (secondary N) is 1. The van der Waals surface area contributed by atoms with Gasteiger partial charge in [0.15, 0.2) is 0 Å². The number of hydrogen-bond donors (Lipinski definition) is 2. The van der Waals surface area contributed by atoms with E-state index in [0.29, 0.717) is 12.1 Å². The Morgan fingerprint density at radius 3 is 2.67 bits per heavy atom. The van der Waals surface area contributed by atoms with Crippen LogP contribution in [0.4, 0.5) is 0 Å². The minimum Gasteiger partial charge on any atom is -0.394 e. The van der Waals surface area contributed by atoms with E-state index in [-0.39, 0.29) is 12.1 Å². The zero-order valence-corrected chi connectivity index (χ0v) is 12.0. The molecule has 0 heterocycles. The molecule has 0 bridgehead atoms. The number of aliphatic hydroxyl groups excluding tert-OH is 1. The summed E-state index contributed by atoms with van der Waals surface area (Å²) in [5.74, 6) is 0.933. The van der Waals surface area contributed by atoms with Gasteiger partial charge in [-0.15, -0.1) is 0 Å². The van der Waals surface area contributed by atoms with Crippen LogP contribution in [0.1, 0.15) is 58.8 Å². The van der Waals surface area contributed by atoms with Crippen LogP contribution in [-0.4, -0.2) is 36.0 Å². The van der Waals surface area contributed by atoms with Gasteiger partial charge in [-0.2, -0.15) is 0 Å². The van der Waals surface area contributed by atoms with Crippen LogP contribution in [-0.2, 0) is 4.74 Å². The van der Waals surface area contributed by atoms with E-state index in [1.54, 1.807) is 0 Å². The van der Waals surface area contributed by atoms with Crippen molar-refractivity contribution in [3.05, 3.63) is 0 Å². The Labute approximate surface area is 111 Å². The van der Waals surface area contributed by atoms with Crippen LogP contribution in [0.2, 0.25) is 0 Å². The molecule has 0 aromatic carbocycles. The highest BCUT2D eigenvalue weighted by molar-refractivity contribution is 4.97. The van der Waals surface area contributed by atoms with Gasteiger partial charge in [0.2, 0.25) is 0 Å². The van der Waals surface area contributed by atoms with E-state index in [0.717, 1.165) is 31.8 Å². The fraction of sp³-hybridized carbons (Fsp3) is 1.00. The first-order chi connectivity index (χ1) is 8.63. The largest absolute Gasteiger partial charge is 0.394 e. The van der Waals surface area contributed by atoms with Crippen molar-refractivity contribution >= 4 is 0 Å². The molecule has 2 aliphatic rings. The molecule has 0 saturated heterocycles. The lowest BCUT2D eigenvalue weighted by molar-refractivity contribution is 0.0325. The van der Waals surface area contributed by atoms with E-state index in [1.807, 2.05) is 0 Å². The van der Waals surface area contributed by atoms with Crippen molar-refractivity contribution < 1.29 is 9.84 Å². The Hall–Kier alpha value is -0.120. The highest BCUT2D eigenvalue weighted by Crippen LogP contribution is 2.33. The molecule has 0 spiro atoms. The summed E-state index contributed by atoms with van der Waals surface area (Å²) in [7, 11) is 0. The predicted molar refractivity (Wildman–Crippen MR) is 73.6 cm³/mol. The quantitative estimate of drug-likeness (QED) is 0.734. The second-order valence-electron chi connectivity index (χ2n) is 6.56. The highest BCUT2D eigenvalue weighted by atomic mass is 16.5. The number of aliphatic hydroxyl groups is 1. The second-order valence-corrected chi connectivity index (χ2v) is 6.56. The molecule has 2 aliphatic carbocycles. The molecule has 0 aromatic rings. The SMILES string of the molecule is CC(C)NC1(CO)CCC(OCCC2CCC2)C1. The zero-order valence-electron chi connectivity index (χ0n) is 12.0. The van der Waals surface area contributed by atoms with E-state index in [2.05, 4.69) is 19.2 Å². The third-order valence-corrected chi connectivity index (χ3v) is 4.57. The van der Waals surface area contributed by atoms with Crippen molar-refractivity contribution in [3.8, 4) is 0 Å². The Morgan fingerprint density at radius 2 is 2.11 bits per heavy atom. The molecule has 106 valence electrons. The van der Waals surface area contributed by atoms with Gasteiger partial charge in [-0.25, -0.2) is 0 Å². The van der Waals surface area contributed by atoms with Gasteiger partial charge in [-0.1, -0.05) is 33.1 Å². The van der Waals surface area contributed by atoms with E-state index in [1.165, 1.54) is 25.7 Å². The molecular formula is C15H29NO2. The van der Waals surface area contributed by atoms with Gasteiger partial charge >= 0.3 is 0 Å². The molecule has 0 amide bonds. The lowest BCUT2D eigenvalue weighted by atomic mass is 9.83. The van der Waals surface area contributed by atoms with Gasteiger partial charge in [-0.05, 0) is 31.6 Å². The summed E-state index contributed by atoms with van der Waals surface area (Å²) in [5.41, 5.74) is -0.0880. The van der Waals surface area contributed by atoms with Gasteiger partial charge in [-0.3, -0.25) is 0 Å². The van der Waals surface area contributed by atoms with Crippen LogP contribution in [0.5, 0.6) is 0 Å². The van der Waals surface area contributed by atoms with Crippen LogP contribution < -0.4 is 5.32 Å². The summed E-state index contributed by atoms with van der Waals surface area (Å²) < 4.78 is 6.00. The van der Waals surface area contributed by atoms with Crippen LogP contribution in [0, 0.1) is 5.92 Å². The third kappa shape index (κ3) is 3.69. The molecule has 2 saturated carbocycles. The normalized spacial score (nSPS) is 33.0. The fourth-order valence-electron chi connectivity index (χ4n) is 3.34. The number of hydrogen-bond acceptors (Lipinski definition) is 3. The summed E-state index contributed by atoms with van der Waals surface area (Å²) in [5, 5.41) is 13.2. The van der Waals surface area contributed by atoms with Crippen molar-refractivity contribution in [2.24, 2.45) is 5.92 Å². The molecule has 3 nitrogen and oxygen atoms in total. The molecule has 0 aliphatic heterocycles. The lowest BCUT2D eigenvalue weighted by Crippen LogP contribution is -2.50. The number of ether oxygens (including phenoxy) is 1. The molecular weight excluding hydrogens is 226 g/mol. The molecule has 2 unspecified atom stereocenters. The predicted octanol–water partition coefficient (Wildman–Crippen LogP) is 2.47. The molecule has 2 rings (SSSR count). The fourth-order valence-corrected chi connectivity index (χ4v) is 3.34. The van der Waals surface area contributed by atoms with E-state index >= 15 is 0 Å². The van der Waals surface area contributed by atoms with Crippen LogP contribution in [0.15, 0.2) is 0 Å². The summed E-state index contributed by atoms with van der Waals surface area (Å²) in [6.07, 6.45) is 8.91. The number of rotatable bonds is 7. The lowest BCUT2D eigenvalue weighted by Gasteiger charge is -2.31. The highest BCUT2D eigenvalue weighted by Gasteiger charge is 2.39. The van der Waals surface area contributed by atoms with Gasteiger partial charge in [0.05, 0.1) is 12.7 Å². The molecule has 0 aromatic heterocycles. The van der Waals surface area contributed by atoms with Crippen molar-refractivity contribution in [2.45, 2.75) is 76.5 Å². The van der Waals surface area contributed by atoms with Gasteiger partial charge < -0.3 is 15.2 Å². The van der Waals surface area contributed by atoms with Crippen molar-refractivity contribution in [3.63, 3.8) is 0 Å². The van der Waals surface area contributed by atoms with E-state index in [4.69, 9.17) is 4.74 Å². The third-order valence-electron chi connectivity index (χ3n) is 4.57. The van der Waals surface area contributed by atoms with Crippen LogP contribution in [0.25, 0.3) is 0 Å². The summed E-state index contributed by atoms with van der Waals surface area (Å²) in [6.45, 7) is 5.43. The smallest absolute Gasteiger partial charge is 0.0614 e. The van der Waals surface area contributed by atoms with Crippen LogP contribution >= 0.6 is 0 Å². The molecule has 18 heavy (non-hydrogen) atoms. The maximum absolute atomic E-state index is 9.63. The first-order valence-corrected chi connectivity index (χ1v) is 7.64. The first-order valence-electron chi connectivity index (χ1n) is 7.64. The van der Waals surface area contributed by atoms with Gasteiger partial charge in [0, 0.05) is 18.2 Å². The molecule has 3 heteroatoms. The molecule has 2 fully saturated rings. The maximum atomic E-state index is 9.63. The Bertz CT molecular complexity index is 253. The molecule has 2 atom stereocenters.